The fourth-order valence-electron chi connectivity index (χ4n) is 3.07. The van der Waals surface area contributed by atoms with Crippen molar-refractivity contribution in [3.63, 3.8) is 0 Å². The van der Waals surface area contributed by atoms with Gasteiger partial charge in [0.2, 0.25) is 5.91 Å². The highest BCUT2D eigenvalue weighted by molar-refractivity contribution is 5.81. The molecule has 118 valence electrons. The van der Waals surface area contributed by atoms with Crippen LogP contribution in [-0.4, -0.2) is 25.0 Å². The zero-order valence-electron chi connectivity index (χ0n) is 14.1. The summed E-state index contributed by atoms with van der Waals surface area (Å²) < 4.78 is 0. The van der Waals surface area contributed by atoms with Crippen LogP contribution >= 0.6 is 0 Å². The summed E-state index contributed by atoms with van der Waals surface area (Å²) in [7, 11) is 0. The first-order chi connectivity index (χ1) is 9.34. The zero-order valence-corrected chi connectivity index (χ0v) is 14.1. The summed E-state index contributed by atoms with van der Waals surface area (Å²) in [5.41, 5.74) is 0.450. The normalized spacial score (nSPS) is 25.2. The van der Waals surface area contributed by atoms with Crippen LogP contribution in [0, 0.1) is 17.3 Å². The van der Waals surface area contributed by atoms with Gasteiger partial charge in [-0.05, 0) is 62.8 Å². The molecule has 0 aliphatic heterocycles. The average Bonchev–Trinajstić information content (AvgIpc) is 2.41. The largest absolute Gasteiger partial charge is 0.355 e. The van der Waals surface area contributed by atoms with Gasteiger partial charge < -0.3 is 10.6 Å². The SMILES string of the molecule is CCCNC(=O)C(C)NCC1CCC(C(C)(C)C)CC1. The second-order valence-corrected chi connectivity index (χ2v) is 7.50. The van der Waals surface area contributed by atoms with Gasteiger partial charge in [-0.3, -0.25) is 4.79 Å². The van der Waals surface area contributed by atoms with E-state index in [1.807, 2.05) is 6.92 Å². The van der Waals surface area contributed by atoms with Crippen molar-refractivity contribution in [2.45, 2.75) is 72.8 Å². The van der Waals surface area contributed by atoms with Crippen molar-refractivity contribution < 1.29 is 4.79 Å². The molecule has 1 atom stereocenters. The number of nitrogens with one attached hydrogen (secondary N) is 2. The molecule has 2 N–H and O–H groups in total. The lowest BCUT2D eigenvalue weighted by Crippen LogP contribution is -2.44. The summed E-state index contributed by atoms with van der Waals surface area (Å²) in [6.45, 7) is 12.9. The van der Waals surface area contributed by atoms with Crippen LogP contribution in [0.4, 0.5) is 0 Å². The number of hydrogen-bond donors (Lipinski definition) is 2. The molecular formula is C17H34N2O. The summed E-state index contributed by atoms with van der Waals surface area (Å²) in [5.74, 6) is 1.74. The molecule has 1 aliphatic rings. The molecule has 20 heavy (non-hydrogen) atoms. The first kappa shape index (κ1) is 17.5. The molecular weight excluding hydrogens is 248 g/mol. The monoisotopic (exact) mass is 282 g/mol. The van der Waals surface area contributed by atoms with E-state index in [4.69, 9.17) is 0 Å². The quantitative estimate of drug-likeness (QED) is 0.784. The third-order valence-corrected chi connectivity index (χ3v) is 4.73. The maximum atomic E-state index is 11.8. The van der Waals surface area contributed by atoms with E-state index in [0.717, 1.165) is 31.3 Å². The summed E-state index contributed by atoms with van der Waals surface area (Å²) in [6.07, 6.45) is 6.28. The van der Waals surface area contributed by atoms with Gasteiger partial charge in [0.1, 0.15) is 0 Å². The summed E-state index contributed by atoms with van der Waals surface area (Å²) in [6, 6.07) is -0.0677. The molecule has 0 spiro atoms. The standard InChI is InChI=1S/C17H34N2O/c1-6-11-18-16(20)13(2)19-12-14-7-9-15(10-8-14)17(3,4)5/h13-15,19H,6-12H2,1-5H3,(H,18,20). The molecule has 0 aromatic carbocycles. The second-order valence-electron chi connectivity index (χ2n) is 7.50. The highest BCUT2D eigenvalue weighted by atomic mass is 16.2. The van der Waals surface area contributed by atoms with Gasteiger partial charge in [-0.25, -0.2) is 0 Å². The van der Waals surface area contributed by atoms with Crippen molar-refractivity contribution in [2.75, 3.05) is 13.1 Å². The van der Waals surface area contributed by atoms with Crippen LogP contribution in [0.5, 0.6) is 0 Å². The fourth-order valence-corrected chi connectivity index (χ4v) is 3.07. The lowest BCUT2D eigenvalue weighted by Gasteiger charge is -2.37. The molecule has 1 unspecified atom stereocenters. The number of carbonyl (C=O) groups excluding carboxylic acids is 1. The van der Waals surface area contributed by atoms with Crippen LogP contribution < -0.4 is 10.6 Å². The smallest absolute Gasteiger partial charge is 0.236 e. The molecule has 1 aliphatic carbocycles. The molecule has 0 radical (unpaired) electrons. The predicted octanol–water partition coefficient (Wildman–Crippen LogP) is 3.34. The highest BCUT2D eigenvalue weighted by Crippen LogP contribution is 2.39. The van der Waals surface area contributed by atoms with Crippen LogP contribution in [0.15, 0.2) is 0 Å². The van der Waals surface area contributed by atoms with Crippen LogP contribution in [0.1, 0.15) is 66.7 Å². The Morgan fingerprint density at radius 1 is 1.20 bits per heavy atom. The molecule has 1 amide bonds. The lowest BCUT2D eigenvalue weighted by atomic mass is 9.70. The molecule has 1 rings (SSSR count). The van der Waals surface area contributed by atoms with Gasteiger partial charge in [0, 0.05) is 6.54 Å². The van der Waals surface area contributed by atoms with Crippen molar-refractivity contribution in [3.05, 3.63) is 0 Å². The van der Waals surface area contributed by atoms with Crippen molar-refractivity contribution in [2.24, 2.45) is 17.3 Å². The molecule has 0 bridgehead atoms. The Morgan fingerprint density at radius 3 is 2.30 bits per heavy atom. The van der Waals surface area contributed by atoms with Crippen LogP contribution in [0.25, 0.3) is 0 Å². The van der Waals surface area contributed by atoms with E-state index in [2.05, 4.69) is 38.3 Å². The third-order valence-electron chi connectivity index (χ3n) is 4.73. The van der Waals surface area contributed by atoms with Gasteiger partial charge in [0.15, 0.2) is 0 Å². The number of hydrogen-bond acceptors (Lipinski definition) is 2. The maximum Gasteiger partial charge on any atom is 0.236 e. The van der Waals surface area contributed by atoms with Crippen molar-refractivity contribution in [1.82, 2.24) is 10.6 Å². The lowest BCUT2D eigenvalue weighted by molar-refractivity contribution is -0.122. The first-order valence-corrected chi connectivity index (χ1v) is 8.35. The Bertz CT molecular complexity index is 288. The molecule has 0 saturated heterocycles. The number of rotatable bonds is 6. The Morgan fingerprint density at radius 2 is 1.80 bits per heavy atom. The van der Waals surface area contributed by atoms with E-state index < -0.39 is 0 Å². The van der Waals surface area contributed by atoms with Gasteiger partial charge in [-0.15, -0.1) is 0 Å². The topological polar surface area (TPSA) is 41.1 Å². The van der Waals surface area contributed by atoms with E-state index in [9.17, 15) is 4.79 Å². The van der Waals surface area contributed by atoms with Crippen molar-refractivity contribution >= 4 is 5.91 Å². The molecule has 3 heteroatoms. The van der Waals surface area contributed by atoms with E-state index in [0.29, 0.717) is 5.41 Å². The van der Waals surface area contributed by atoms with Gasteiger partial charge >= 0.3 is 0 Å². The zero-order chi connectivity index (χ0) is 15.2. The minimum absolute atomic E-state index is 0.0677. The summed E-state index contributed by atoms with van der Waals surface area (Å²) in [5, 5.41) is 6.35. The van der Waals surface area contributed by atoms with Gasteiger partial charge in [-0.2, -0.15) is 0 Å². The highest BCUT2D eigenvalue weighted by Gasteiger charge is 2.29. The summed E-state index contributed by atoms with van der Waals surface area (Å²) >= 11 is 0. The van der Waals surface area contributed by atoms with Crippen molar-refractivity contribution in [1.29, 1.82) is 0 Å². The number of amides is 1. The van der Waals surface area contributed by atoms with E-state index >= 15 is 0 Å². The van der Waals surface area contributed by atoms with Crippen LogP contribution in [0.2, 0.25) is 0 Å². The Balaban J connectivity index is 2.22. The van der Waals surface area contributed by atoms with Gasteiger partial charge in [0.25, 0.3) is 0 Å². The second kappa shape index (κ2) is 8.02. The molecule has 1 saturated carbocycles. The molecule has 1 fully saturated rings. The summed E-state index contributed by atoms with van der Waals surface area (Å²) in [4.78, 5) is 11.8. The third kappa shape index (κ3) is 5.82. The Labute approximate surface area is 125 Å². The molecule has 0 aromatic heterocycles. The number of carbonyl (C=O) groups is 1. The Kier molecular flexibility index (Phi) is 7.01. The van der Waals surface area contributed by atoms with Crippen LogP contribution in [-0.2, 0) is 4.79 Å². The average molecular weight is 282 g/mol. The molecule has 3 nitrogen and oxygen atoms in total. The van der Waals surface area contributed by atoms with E-state index in [1.54, 1.807) is 0 Å². The van der Waals surface area contributed by atoms with Gasteiger partial charge in [0.05, 0.1) is 6.04 Å². The fraction of sp³-hybridized carbons (Fsp3) is 0.941. The Hall–Kier alpha value is -0.570. The van der Waals surface area contributed by atoms with E-state index in [-0.39, 0.29) is 11.9 Å². The molecule has 0 heterocycles. The minimum atomic E-state index is -0.0677. The first-order valence-electron chi connectivity index (χ1n) is 8.35. The van der Waals surface area contributed by atoms with Gasteiger partial charge in [-0.1, -0.05) is 27.7 Å². The predicted molar refractivity (Wildman–Crippen MR) is 85.7 cm³/mol. The maximum absolute atomic E-state index is 11.8. The van der Waals surface area contributed by atoms with Crippen LogP contribution in [0.3, 0.4) is 0 Å². The van der Waals surface area contributed by atoms with Crippen molar-refractivity contribution in [3.8, 4) is 0 Å². The van der Waals surface area contributed by atoms with E-state index in [1.165, 1.54) is 25.7 Å². The molecule has 0 aromatic rings. The minimum Gasteiger partial charge on any atom is -0.355 e.